The molecule has 2 fully saturated rings. The van der Waals surface area contributed by atoms with Crippen LogP contribution in [-0.2, 0) is 14.3 Å². The standard InChI is InChI=1S/C13H22O4/c1-9-3-2-4-10(7-9)16-8-11-5-6-12(17-11)13(14)15/h9-12H,2-8H2,1H3,(H,14,15). The summed E-state index contributed by atoms with van der Waals surface area (Å²) in [5, 5.41) is 8.82. The van der Waals surface area contributed by atoms with Gasteiger partial charge in [-0.1, -0.05) is 19.8 Å². The molecule has 1 saturated heterocycles. The van der Waals surface area contributed by atoms with Crippen LogP contribution in [0, 0.1) is 5.92 Å². The van der Waals surface area contributed by atoms with E-state index in [4.69, 9.17) is 14.6 Å². The minimum absolute atomic E-state index is 0.0201. The van der Waals surface area contributed by atoms with Gasteiger partial charge in [0.15, 0.2) is 6.10 Å². The van der Waals surface area contributed by atoms with Gasteiger partial charge in [0.2, 0.25) is 0 Å². The van der Waals surface area contributed by atoms with Crippen molar-refractivity contribution in [3.63, 3.8) is 0 Å². The summed E-state index contributed by atoms with van der Waals surface area (Å²) in [7, 11) is 0. The highest BCUT2D eigenvalue weighted by Gasteiger charge is 2.31. The first-order valence-corrected chi connectivity index (χ1v) is 6.65. The first-order valence-electron chi connectivity index (χ1n) is 6.65. The number of aliphatic carboxylic acids is 1. The van der Waals surface area contributed by atoms with Crippen LogP contribution in [-0.4, -0.2) is 36.0 Å². The second kappa shape index (κ2) is 5.83. The second-order valence-electron chi connectivity index (χ2n) is 5.39. The molecule has 0 bridgehead atoms. The number of carboxylic acid groups (broad SMARTS) is 1. The van der Waals surface area contributed by atoms with Crippen LogP contribution < -0.4 is 0 Å². The lowest BCUT2D eigenvalue weighted by molar-refractivity contribution is -0.151. The van der Waals surface area contributed by atoms with E-state index in [1.807, 2.05) is 0 Å². The summed E-state index contributed by atoms with van der Waals surface area (Å²) < 4.78 is 11.3. The summed E-state index contributed by atoms with van der Waals surface area (Å²) in [6, 6.07) is 0. The highest BCUT2D eigenvalue weighted by molar-refractivity contribution is 5.72. The van der Waals surface area contributed by atoms with Gasteiger partial charge in [0.05, 0.1) is 18.8 Å². The lowest BCUT2D eigenvalue weighted by Crippen LogP contribution is -2.27. The van der Waals surface area contributed by atoms with Crippen molar-refractivity contribution in [3.05, 3.63) is 0 Å². The lowest BCUT2D eigenvalue weighted by Gasteiger charge is -2.27. The molecule has 1 N–H and O–H groups in total. The maximum atomic E-state index is 10.7. The summed E-state index contributed by atoms with van der Waals surface area (Å²) in [4.78, 5) is 10.7. The van der Waals surface area contributed by atoms with Gasteiger partial charge in [-0.25, -0.2) is 4.79 Å². The van der Waals surface area contributed by atoms with Gasteiger partial charge in [0.1, 0.15) is 0 Å². The number of rotatable bonds is 4. The number of ether oxygens (including phenoxy) is 2. The quantitative estimate of drug-likeness (QED) is 0.821. The van der Waals surface area contributed by atoms with Crippen LogP contribution in [0.15, 0.2) is 0 Å². The van der Waals surface area contributed by atoms with Crippen LogP contribution >= 0.6 is 0 Å². The van der Waals surface area contributed by atoms with E-state index < -0.39 is 12.1 Å². The molecule has 2 aliphatic rings. The Morgan fingerprint density at radius 3 is 2.82 bits per heavy atom. The molecule has 4 heteroatoms. The predicted molar refractivity (Wildman–Crippen MR) is 62.9 cm³/mol. The molecule has 1 aliphatic carbocycles. The van der Waals surface area contributed by atoms with Crippen molar-refractivity contribution < 1.29 is 19.4 Å². The second-order valence-corrected chi connectivity index (χ2v) is 5.39. The van der Waals surface area contributed by atoms with Crippen molar-refractivity contribution in [3.8, 4) is 0 Å². The van der Waals surface area contributed by atoms with Crippen LogP contribution in [0.1, 0.15) is 45.4 Å². The average Bonchev–Trinajstić information content (AvgIpc) is 2.75. The molecule has 1 saturated carbocycles. The molecule has 1 aliphatic heterocycles. The van der Waals surface area contributed by atoms with Crippen molar-refractivity contribution in [1.29, 1.82) is 0 Å². The summed E-state index contributed by atoms with van der Waals surface area (Å²) in [6.07, 6.45) is 5.96. The molecule has 4 atom stereocenters. The number of hydrogen-bond acceptors (Lipinski definition) is 3. The minimum atomic E-state index is -0.848. The van der Waals surface area contributed by atoms with E-state index in [1.54, 1.807) is 0 Å². The molecule has 98 valence electrons. The Hall–Kier alpha value is -0.610. The third kappa shape index (κ3) is 3.68. The number of carbonyl (C=O) groups is 1. The molecule has 4 nitrogen and oxygen atoms in total. The first-order chi connectivity index (χ1) is 8.15. The van der Waals surface area contributed by atoms with Gasteiger partial charge in [0.25, 0.3) is 0 Å². The van der Waals surface area contributed by atoms with E-state index in [1.165, 1.54) is 12.8 Å². The highest BCUT2D eigenvalue weighted by Crippen LogP contribution is 2.27. The van der Waals surface area contributed by atoms with Crippen LogP contribution in [0.25, 0.3) is 0 Å². The maximum Gasteiger partial charge on any atom is 0.332 e. The molecular formula is C13H22O4. The third-order valence-electron chi connectivity index (χ3n) is 3.79. The molecule has 0 aromatic heterocycles. The van der Waals surface area contributed by atoms with Gasteiger partial charge in [-0.3, -0.25) is 0 Å². The molecule has 0 spiro atoms. The average molecular weight is 242 g/mol. The summed E-state index contributed by atoms with van der Waals surface area (Å²) in [6.45, 7) is 2.82. The van der Waals surface area contributed by atoms with Crippen LogP contribution in [0.2, 0.25) is 0 Å². The van der Waals surface area contributed by atoms with Crippen molar-refractivity contribution >= 4 is 5.97 Å². The molecule has 4 unspecified atom stereocenters. The molecule has 0 aromatic carbocycles. The maximum absolute atomic E-state index is 10.7. The molecule has 2 rings (SSSR count). The van der Waals surface area contributed by atoms with Crippen LogP contribution in [0.4, 0.5) is 0 Å². The van der Waals surface area contributed by atoms with Gasteiger partial charge >= 0.3 is 5.97 Å². The predicted octanol–water partition coefficient (Wildman–Crippen LogP) is 2.21. The Morgan fingerprint density at radius 1 is 1.35 bits per heavy atom. The van der Waals surface area contributed by atoms with Gasteiger partial charge < -0.3 is 14.6 Å². The van der Waals surface area contributed by atoms with Crippen molar-refractivity contribution in [2.24, 2.45) is 5.92 Å². The van der Waals surface area contributed by atoms with Gasteiger partial charge in [-0.15, -0.1) is 0 Å². The Labute approximate surface area is 102 Å². The zero-order valence-corrected chi connectivity index (χ0v) is 10.4. The monoisotopic (exact) mass is 242 g/mol. The number of hydrogen-bond donors (Lipinski definition) is 1. The first kappa shape index (κ1) is 12.8. The Bertz CT molecular complexity index is 266. The normalized spacial score (nSPS) is 38.2. The van der Waals surface area contributed by atoms with E-state index in [0.29, 0.717) is 19.1 Å². The fourth-order valence-corrected chi connectivity index (χ4v) is 2.78. The molecular weight excluding hydrogens is 220 g/mol. The van der Waals surface area contributed by atoms with Gasteiger partial charge in [-0.05, 0) is 31.6 Å². The smallest absolute Gasteiger partial charge is 0.332 e. The largest absolute Gasteiger partial charge is 0.479 e. The molecule has 0 radical (unpaired) electrons. The summed E-state index contributed by atoms with van der Waals surface area (Å²) in [5.41, 5.74) is 0. The SMILES string of the molecule is CC1CCCC(OCC2CCC(C(=O)O)O2)C1. The third-order valence-corrected chi connectivity index (χ3v) is 3.79. The van der Waals surface area contributed by atoms with E-state index in [9.17, 15) is 4.79 Å². The lowest BCUT2D eigenvalue weighted by atomic mass is 9.89. The van der Waals surface area contributed by atoms with Crippen molar-refractivity contribution in [1.82, 2.24) is 0 Å². The van der Waals surface area contributed by atoms with Crippen LogP contribution in [0.5, 0.6) is 0 Å². The molecule has 0 aromatic rings. The van der Waals surface area contributed by atoms with Crippen LogP contribution in [0.3, 0.4) is 0 Å². The fraction of sp³-hybridized carbons (Fsp3) is 0.923. The minimum Gasteiger partial charge on any atom is -0.479 e. The van der Waals surface area contributed by atoms with E-state index in [0.717, 1.165) is 25.2 Å². The Balaban J connectivity index is 1.67. The highest BCUT2D eigenvalue weighted by atomic mass is 16.6. The van der Waals surface area contributed by atoms with Crippen molar-refractivity contribution in [2.75, 3.05) is 6.61 Å². The Kier molecular flexibility index (Phi) is 4.40. The molecule has 17 heavy (non-hydrogen) atoms. The molecule has 1 heterocycles. The van der Waals surface area contributed by atoms with Gasteiger partial charge in [-0.2, -0.15) is 0 Å². The summed E-state index contributed by atoms with van der Waals surface area (Å²) in [5.74, 6) is -0.0937. The van der Waals surface area contributed by atoms with E-state index >= 15 is 0 Å². The topological polar surface area (TPSA) is 55.8 Å². The number of carboxylic acids is 1. The molecule has 0 amide bonds. The van der Waals surface area contributed by atoms with Crippen molar-refractivity contribution in [2.45, 2.75) is 63.8 Å². The summed E-state index contributed by atoms with van der Waals surface area (Å²) >= 11 is 0. The fourth-order valence-electron chi connectivity index (χ4n) is 2.78. The van der Waals surface area contributed by atoms with E-state index in [2.05, 4.69) is 6.92 Å². The Morgan fingerprint density at radius 2 is 2.18 bits per heavy atom. The van der Waals surface area contributed by atoms with Gasteiger partial charge in [0, 0.05) is 0 Å². The zero-order valence-electron chi connectivity index (χ0n) is 10.4. The zero-order chi connectivity index (χ0) is 12.3. The van der Waals surface area contributed by atoms with E-state index in [-0.39, 0.29) is 6.10 Å².